The predicted molar refractivity (Wildman–Crippen MR) is 92.7 cm³/mol. The highest BCUT2D eigenvalue weighted by Crippen LogP contribution is 2.24. The van der Waals surface area contributed by atoms with Crippen molar-refractivity contribution in [1.82, 2.24) is 4.90 Å². The summed E-state index contributed by atoms with van der Waals surface area (Å²) in [6.07, 6.45) is 3.43. The maximum atomic E-state index is 11.8. The Balaban J connectivity index is 0.00000122. The molecule has 0 aromatic carbocycles. The summed E-state index contributed by atoms with van der Waals surface area (Å²) in [5.41, 5.74) is 0. The van der Waals surface area contributed by atoms with Crippen molar-refractivity contribution in [3.05, 3.63) is 0 Å². The molecule has 0 aliphatic carbocycles. The highest BCUT2D eigenvalue weighted by molar-refractivity contribution is 8.76. The molecule has 0 radical (unpaired) electrons. The van der Waals surface area contributed by atoms with Crippen LogP contribution in [0.15, 0.2) is 0 Å². The summed E-state index contributed by atoms with van der Waals surface area (Å²) in [4.78, 5) is 24.6. The molecular formula is C15H29NO3S2. The third-order valence-electron chi connectivity index (χ3n) is 3.02. The van der Waals surface area contributed by atoms with Gasteiger partial charge in [-0.3, -0.25) is 9.59 Å². The normalized spacial score (nSPS) is 17.3. The van der Waals surface area contributed by atoms with E-state index in [1.165, 1.54) is 0 Å². The van der Waals surface area contributed by atoms with E-state index in [1.54, 1.807) is 42.7 Å². The number of amides is 1. The first-order valence-corrected chi connectivity index (χ1v) is 9.91. The predicted octanol–water partition coefficient (Wildman–Crippen LogP) is 3.26. The fraction of sp³-hybridized carbons (Fsp3) is 0.867. The fourth-order valence-electron chi connectivity index (χ4n) is 1.91. The molecule has 1 amide bonds. The molecule has 0 saturated carbocycles. The second-order valence-electron chi connectivity index (χ2n) is 5.34. The molecule has 1 aliphatic rings. The average Bonchev–Trinajstić information content (AvgIpc) is 2.85. The fourth-order valence-corrected chi connectivity index (χ4v) is 4.08. The second-order valence-corrected chi connectivity index (χ2v) is 8.04. The number of ketones is 1. The van der Waals surface area contributed by atoms with Gasteiger partial charge in [-0.1, -0.05) is 28.5 Å². The summed E-state index contributed by atoms with van der Waals surface area (Å²) >= 11 is 0. The Bertz CT molecular complexity index is 301. The molecule has 1 heterocycles. The Labute approximate surface area is 137 Å². The minimum absolute atomic E-state index is 0.251. The lowest BCUT2D eigenvalue weighted by atomic mass is 10.2. The molecule has 6 heteroatoms. The molecule has 1 fully saturated rings. The lowest BCUT2D eigenvalue weighted by Gasteiger charge is -2.15. The van der Waals surface area contributed by atoms with Crippen LogP contribution in [0.5, 0.6) is 0 Å². The van der Waals surface area contributed by atoms with Crippen molar-refractivity contribution in [2.75, 3.05) is 38.8 Å². The monoisotopic (exact) mass is 335 g/mol. The van der Waals surface area contributed by atoms with Crippen molar-refractivity contribution in [2.24, 2.45) is 5.92 Å². The molecule has 21 heavy (non-hydrogen) atoms. The van der Waals surface area contributed by atoms with E-state index >= 15 is 0 Å². The Morgan fingerprint density at radius 3 is 2.33 bits per heavy atom. The Morgan fingerprint density at radius 2 is 1.81 bits per heavy atom. The van der Waals surface area contributed by atoms with Gasteiger partial charge < -0.3 is 9.64 Å². The minimum Gasteiger partial charge on any atom is -0.388 e. The zero-order chi connectivity index (χ0) is 16.1. The molecule has 1 saturated heterocycles. The van der Waals surface area contributed by atoms with Gasteiger partial charge in [0, 0.05) is 51.7 Å². The van der Waals surface area contributed by atoms with Gasteiger partial charge in [0.2, 0.25) is 5.91 Å². The van der Waals surface area contributed by atoms with Crippen molar-refractivity contribution in [3.8, 4) is 0 Å². The van der Waals surface area contributed by atoms with Gasteiger partial charge in [0.05, 0.1) is 0 Å². The van der Waals surface area contributed by atoms with E-state index in [2.05, 4.69) is 11.7 Å². The van der Waals surface area contributed by atoms with E-state index in [1.807, 2.05) is 4.90 Å². The number of carbonyl (C=O) groups excluding carboxylic acids is 2. The third kappa shape index (κ3) is 12.1. The first-order chi connectivity index (χ1) is 10.0. The van der Waals surface area contributed by atoms with Crippen LogP contribution in [0.2, 0.25) is 0 Å². The van der Waals surface area contributed by atoms with Crippen LogP contribution in [-0.4, -0.2) is 55.4 Å². The SMILES string of the molecule is CC(=O)CCSSCCCC(=O)N1CCC(C)C1.COC. The summed E-state index contributed by atoms with van der Waals surface area (Å²) in [7, 11) is 6.76. The summed E-state index contributed by atoms with van der Waals surface area (Å²) in [6, 6.07) is 0. The van der Waals surface area contributed by atoms with Crippen molar-refractivity contribution >= 4 is 33.3 Å². The number of hydrogen-bond donors (Lipinski definition) is 0. The molecule has 1 atom stereocenters. The summed E-state index contributed by atoms with van der Waals surface area (Å²) < 4.78 is 4.25. The van der Waals surface area contributed by atoms with Crippen molar-refractivity contribution in [3.63, 3.8) is 0 Å². The van der Waals surface area contributed by atoms with Crippen LogP contribution in [0.25, 0.3) is 0 Å². The van der Waals surface area contributed by atoms with E-state index in [-0.39, 0.29) is 5.78 Å². The molecule has 124 valence electrons. The number of ether oxygens (including phenoxy) is 1. The first-order valence-electron chi connectivity index (χ1n) is 7.43. The van der Waals surface area contributed by atoms with E-state index < -0.39 is 0 Å². The molecule has 4 nitrogen and oxygen atoms in total. The Hall–Kier alpha value is -0.200. The topological polar surface area (TPSA) is 46.6 Å². The molecule has 0 N–H and O–H groups in total. The molecule has 0 aromatic rings. The second kappa shape index (κ2) is 13.5. The maximum Gasteiger partial charge on any atom is 0.222 e. The number of carbonyl (C=O) groups is 2. The van der Waals surface area contributed by atoms with Crippen molar-refractivity contribution in [1.29, 1.82) is 0 Å². The zero-order valence-corrected chi connectivity index (χ0v) is 15.4. The van der Waals surface area contributed by atoms with Crippen LogP contribution in [-0.2, 0) is 14.3 Å². The quantitative estimate of drug-likeness (QED) is 0.503. The van der Waals surface area contributed by atoms with Gasteiger partial charge in [-0.25, -0.2) is 0 Å². The average molecular weight is 336 g/mol. The number of hydrogen-bond acceptors (Lipinski definition) is 5. The summed E-state index contributed by atoms with van der Waals surface area (Å²) in [5.74, 6) is 3.12. The van der Waals surface area contributed by atoms with Crippen molar-refractivity contribution in [2.45, 2.75) is 39.5 Å². The summed E-state index contributed by atoms with van der Waals surface area (Å²) in [6.45, 7) is 5.72. The van der Waals surface area contributed by atoms with Crippen LogP contribution in [0.3, 0.4) is 0 Å². The van der Waals surface area contributed by atoms with E-state index in [0.29, 0.717) is 24.7 Å². The molecule has 0 bridgehead atoms. The maximum absolute atomic E-state index is 11.8. The molecular weight excluding hydrogens is 306 g/mol. The lowest BCUT2D eigenvalue weighted by Crippen LogP contribution is -2.28. The smallest absolute Gasteiger partial charge is 0.222 e. The largest absolute Gasteiger partial charge is 0.388 e. The van der Waals surface area contributed by atoms with Crippen LogP contribution < -0.4 is 0 Å². The van der Waals surface area contributed by atoms with Gasteiger partial charge in [-0.05, 0) is 25.7 Å². The minimum atomic E-state index is 0.251. The molecule has 0 spiro atoms. The summed E-state index contributed by atoms with van der Waals surface area (Å²) in [5, 5.41) is 0. The molecule has 1 rings (SSSR count). The Morgan fingerprint density at radius 1 is 1.19 bits per heavy atom. The number of rotatable bonds is 8. The highest BCUT2D eigenvalue weighted by atomic mass is 33.1. The standard InChI is InChI=1S/C13H23NO2S2.C2H6O/c1-11-5-7-14(10-11)13(16)4-3-8-17-18-9-6-12(2)15;1-3-2/h11H,3-10H2,1-2H3;1-2H3. The number of likely N-dealkylation sites (tertiary alicyclic amines) is 1. The first kappa shape index (κ1) is 20.8. The van der Waals surface area contributed by atoms with E-state index in [4.69, 9.17) is 0 Å². The lowest BCUT2D eigenvalue weighted by molar-refractivity contribution is -0.130. The zero-order valence-electron chi connectivity index (χ0n) is 13.7. The molecule has 1 aliphatic heterocycles. The van der Waals surface area contributed by atoms with Crippen LogP contribution in [0, 0.1) is 5.92 Å². The van der Waals surface area contributed by atoms with Gasteiger partial charge in [-0.2, -0.15) is 0 Å². The molecule has 0 aromatic heterocycles. The van der Waals surface area contributed by atoms with Crippen LogP contribution in [0.1, 0.15) is 39.5 Å². The van der Waals surface area contributed by atoms with E-state index in [9.17, 15) is 9.59 Å². The number of nitrogens with zero attached hydrogens (tertiary/aromatic N) is 1. The third-order valence-corrected chi connectivity index (χ3v) is 5.51. The Kier molecular flexibility index (Phi) is 13.3. The van der Waals surface area contributed by atoms with Gasteiger partial charge >= 0.3 is 0 Å². The van der Waals surface area contributed by atoms with Gasteiger partial charge in [0.25, 0.3) is 0 Å². The van der Waals surface area contributed by atoms with Crippen LogP contribution in [0.4, 0.5) is 0 Å². The van der Waals surface area contributed by atoms with Gasteiger partial charge in [-0.15, -0.1) is 0 Å². The van der Waals surface area contributed by atoms with E-state index in [0.717, 1.165) is 37.4 Å². The number of Topliss-reactive ketones (excluding diaryl/α,β-unsaturated/α-hetero) is 1. The van der Waals surface area contributed by atoms with Crippen molar-refractivity contribution < 1.29 is 14.3 Å². The molecule has 1 unspecified atom stereocenters. The van der Waals surface area contributed by atoms with Crippen LogP contribution >= 0.6 is 21.6 Å². The highest BCUT2D eigenvalue weighted by Gasteiger charge is 2.22. The van der Waals surface area contributed by atoms with Gasteiger partial charge in [0.1, 0.15) is 5.78 Å². The van der Waals surface area contributed by atoms with Gasteiger partial charge in [0.15, 0.2) is 0 Å². The number of methoxy groups -OCH3 is 1.